The summed E-state index contributed by atoms with van der Waals surface area (Å²) in [5, 5.41) is 22.2. The maximum atomic E-state index is 11.5. The van der Waals surface area contributed by atoms with E-state index in [-0.39, 0.29) is 0 Å². The van der Waals surface area contributed by atoms with E-state index in [1.165, 1.54) is 9.13 Å². The van der Waals surface area contributed by atoms with Crippen molar-refractivity contribution in [2.45, 2.75) is 13.8 Å². The third kappa shape index (κ3) is 8.02. The molecular weight excluding hydrogens is 623 g/mol. The molecule has 0 aliphatic heterocycles. The van der Waals surface area contributed by atoms with Crippen molar-refractivity contribution in [3.8, 4) is 11.1 Å². The Hall–Kier alpha value is -4.49. The van der Waals surface area contributed by atoms with Gasteiger partial charge in [-0.25, -0.2) is 9.59 Å². The van der Waals surface area contributed by atoms with Gasteiger partial charge >= 0.3 is 11.9 Å². The maximum absolute atomic E-state index is 11.5. The topological polar surface area (TPSA) is 74.6 Å². The largest absolute Gasteiger partial charge is 0.478 e. The Balaban J connectivity index is 0.000000158. The molecule has 6 rings (SSSR count). The number of aryl methyl sites for hydroxylation is 2. The van der Waals surface area contributed by atoms with Crippen molar-refractivity contribution in [3.63, 3.8) is 0 Å². The van der Waals surface area contributed by atoms with Gasteiger partial charge in [0, 0.05) is 3.57 Å². The van der Waals surface area contributed by atoms with E-state index in [1.807, 2.05) is 91.9 Å². The minimum Gasteiger partial charge on any atom is -0.478 e. The van der Waals surface area contributed by atoms with Crippen LogP contribution in [0.5, 0.6) is 0 Å². The first-order chi connectivity index (χ1) is 19.7. The lowest BCUT2D eigenvalue weighted by Gasteiger charge is -2.09. The van der Waals surface area contributed by atoms with Crippen LogP contribution in [0.25, 0.3) is 32.7 Å². The van der Waals surface area contributed by atoms with Crippen LogP contribution in [0.1, 0.15) is 31.8 Å². The van der Waals surface area contributed by atoms with E-state index in [0.29, 0.717) is 11.1 Å². The van der Waals surface area contributed by atoms with E-state index in [9.17, 15) is 14.7 Å². The van der Waals surface area contributed by atoms with Gasteiger partial charge in [-0.15, -0.1) is 0 Å². The Morgan fingerprint density at radius 2 is 1.10 bits per heavy atom. The highest BCUT2D eigenvalue weighted by molar-refractivity contribution is 14.1. The second kappa shape index (κ2) is 13.7. The number of carboxylic acids is 2. The molecule has 0 atom stereocenters. The van der Waals surface area contributed by atoms with E-state index < -0.39 is 11.9 Å². The number of hydrogen-bond acceptors (Lipinski definition) is 2. The fourth-order valence-corrected chi connectivity index (χ4v) is 5.10. The Kier molecular flexibility index (Phi) is 9.87. The van der Waals surface area contributed by atoms with Crippen LogP contribution < -0.4 is 0 Å². The van der Waals surface area contributed by atoms with Crippen molar-refractivity contribution >= 4 is 56.1 Å². The number of benzene rings is 6. The first-order valence-corrected chi connectivity index (χ1v) is 14.1. The highest BCUT2D eigenvalue weighted by atomic mass is 127. The van der Waals surface area contributed by atoms with E-state index in [1.54, 1.807) is 18.2 Å². The molecule has 0 heterocycles. The molecule has 0 aliphatic carbocycles. The predicted molar refractivity (Wildman–Crippen MR) is 176 cm³/mol. The zero-order valence-corrected chi connectivity index (χ0v) is 24.9. The Morgan fingerprint density at radius 1 is 0.537 bits per heavy atom. The van der Waals surface area contributed by atoms with Gasteiger partial charge < -0.3 is 10.2 Å². The summed E-state index contributed by atoms with van der Waals surface area (Å²) in [6.07, 6.45) is 0. The van der Waals surface area contributed by atoms with E-state index in [4.69, 9.17) is 5.11 Å². The second-order valence-electron chi connectivity index (χ2n) is 9.59. The van der Waals surface area contributed by atoms with Crippen molar-refractivity contribution < 1.29 is 19.8 Å². The summed E-state index contributed by atoms with van der Waals surface area (Å²) in [6.45, 7) is 4.10. The molecule has 0 spiro atoms. The SMILES string of the molecule is Cc1cccc(-c2cc3ccccc3cc2C(=O)O)c1.Cc1cccc(I)c1.O=C(O)c1ccc2ccccc2c1. The van der Waals surface area contributed by atoms with Crippen LogP contribution in [-0.4, -0.2) is 22.2 Å². The number of aromatic carboxylic acids is 2. The molecule has 6 aromatic rings. The average molecular weight is 653 g/mol. The molecule has 0 unspecified atom stereocenters. The molecule has 0 radical (unpaired) electrons. The standard InChI is InChI=1S/C18H14O2.C11H8O2.C7H7I/c1-12-5-4-8-15(9-12)16-10-13-6-2-3-7-14(13)11-17(16)18(19)20;12-11(13)10-6-5-8-3-1-2-4-9(8)7-10;1-6-3-2-4-7(8)5-6/h2-11H,1H3,(H,19,20);1-7H,(H,12,13);2-5H,1H3. The highest BCUT2D eigenvalue weighted by Gasteiger charge is 2.13. The van der Waals surface area contributed by atoms with Gasteiger partial charge in [0.1, 0.15) is 0 Å². The van der Waals surface area contributed by atoms with Crippen molar-refractivity contribution in [3.05, 3.63) is 153 Å². The lowest BCUT2D eigenvalue weighted by atomic mass is 9.95. The van der Waals surface area contributed by atoms with Gasteiger partial charge in [0.25, 0.3) is 0 Å². The molecule has 0 aromatic heterocycles. The lowest BCUT2D eigenvalue weighted by molar-refractivity contribution is 0.0686. The Morgan fingerprint density at radius 3 is 1.63 bits per heavy atom. The van der Waals surface area contributed by atoms with Crippen molar-refractivity contribution in [2.24, 2.45) is 0 Å². The van der Waals surface area contributed by atoms with Crippen LogP contribution in [0.2, 0.25) is 0 Å². The molecule has 0 saturated carbocycles. The number of rotatable bonds is 3. The molecule has 4 nitrogen and oxygen atoms in total. The van der Waals surface area contributed by atoms with Gasteiger partial charge in [-0.05, 0) is 106 Å². The van der Waals surface area contributed by atoms with Crippen molar-refractivity contribution in [1.82, 2.24) is 0 Å². The second-order valence-corrected chi connectivity index (χ2v) is 10.8. The average Bonchev–Trinajstić information content (AvgIpc) is 2.96. The lowest BCUT2D eigenvalue weighted by Crippen LogP contribution is -2.00. The molecule has 41 heavy (non-hydrogen) atoms. The van der Waals surface area contributed by atoms with Crippen LogP contribution in [-0.2, 0) is 0 Å². The molecule has 6 aromatic carbocycles. The summed E-state index contributed by atoms with van der Waals surface area (Å²) in [7, 11) is 0. The number of carbonyl (C=O) groups is 2. The van der Waals surface area contributed by atoms with Crippen LogP contribution in [0.4, 0.5) is 0 Å². The summed E-state index contributed by atoms with van der Waals surface area (Å²) in [5.74, 6) is -1.78. The fraction of sp³-hybridized carbons (Fsp3) is 0.0556. The highest BCUT2D eigenvalue weighted by Crippen LogP contribution is 2.29. The Bertz CT molecular complexity index is 1820. The molecule has 0 amide bonds. The molecule has 0 bridgehead atoms. The number of halogens is 1. The van der Waals surface area contributed by atoms with Gasteiger partial charge in [0.15, 0.2) is 0 Å². The number of fused-ring (bicyclic) bond motifs is 2. The minimum atomic E-state index is -0.896. The Labute approximate surface area is 253 Å². The predicted octanol–water partition coefficient (Wildman–Crippen LogP) is 9.65. The summed E-state index contributed by atoms with van der Waals surface area (Å²) in [6, 6.07) is 40.6. The van der Waals surface area contributed by atoms with Crippen LogP contribution in [0.15, 0.2) is 127 Å². The molecule has 0 fully saturated rings. The van der Waals surface area contributed by atoms with Gasteiger partial charge in [0.05, 0.1) is 11.1 Å². The first kappa shape index (κ1) is 29.5. The summed E-state index contributed by atoms with van der Waals surface area (Å²) in [4.78, 5) is 22.2. The van der Waals surface area contributed by atoms with E-state index in [0.717, 1.165) is 38.2 Å². The molecule has 5 heteroatoms. The van der Waals surface area contributed by atoms with E-state index >= 15 is 0 Å². The molecule has 204 valence electrons. The zero-order chi connectivity index (χ0) is 29.4. The normalized spacial score (nSPS) is 10.2. The quantitative estimate of drug-likeness (QED) is 0.187. The first-order valence-electron chi connectivity index (χ1n) is 13.0. The third-order valence-corrected chi connectivity index (χ3v) is 7.09. The van der Waals surface area contributed by atoms with Gasteiger partial charge in [-0.2, -0.15) is 0 Å². The smallest absolute Gasteiger partial charge is 0.336 e. The van der Waals surface area contributed by atoms with Crippen LogP contribution in [0.3, 0.4) is 0 Å². The zero-order valence-electron chi connectivity index (χ0n) is 22.7. The minimum absolute atomic E-state index is 0.332. The summed E-state index contributed by atoms with van der Waals surface area (Å²) in [5.41, 5.74) is 4.82. The fourth-order valence-electron chi connectivity index (χ4n) is 4.40. The molecular formula is C36H29IO4. The number of carboxylic acid groups (broad SMARTS) is 2. The van der Waals surface area contributed by atoms with Gasteiger partial charge in [0.2, 0.25) is 0 Å². The summed E-state index contributed by atoms with van der Waals surface area (Å²) >= 11 is 2.31. The monoisotopic (exact) mass is 652 g/mol. The van der Waals surface area contributed by atoms with Crippen molar-refractivity contribution in [2.75, 3.05) is 0 Å². The van der Waals surface area contributed by atoms with Crippen molar-refractivity contribution in [1.29, 1.82) is 0 Å². The third-order valence-electron chi connectivity index (χ3n) is 6.42. The molecule has 2 N–H and O–H groups in total. The van der Waals surface area contributed by atoms with Gasteiger partial charge in [-0.1, -0.05) is 102 Å². The van der Waals surface area contributed by atoms with Crippen LogP contribution in [0, 0.1) is 17.4 Å². The maximum Gasteiger partial charge on any atom is 0.336 e. The van der Waals surface area contributed by atoms with Gasteiger partial charge in [-0.3, -0.25) is 0 Å². The number of hydrogen-bond donors (Lipinski definition) is 2. The van der Waals surface area contributed by atoms with E-state index in [2.05, 4.69) is 53.8 Å². The molecule has 0 saturated heterocycles. The summed E-state index contributed by atoms with van der Waals surface area (Å²) < 4.78 is 1.31. The molecule has 0 aliphatic rings. The van der Waals surface area contributed by atoms with Crippen LogP contribution >= 0.6 is 22.6 Å².